The molecule has 6 nitrogen and oxygen atoms in total. The molecule has 1 saturated heterocycles. The summed E-state index contributed by atoms with van der Waals surface area (Å²) in [6.07, 6.45) is 1.71. The first-order valence-electron chi connectivity index (χ1n) is 6.18. The minimum Gasteiger partial charge on any atom is -0.508 e. The molecule has 1 heterocycles. The van der Waals surface area contributed by atoms with Crippen LogP contribution in [0.5, 0.6) is 5.75 Å². The van der Waals surface area contributed by atoms with Crippen molar-refractivity contribution in [3.8, 4) is 5.75 Å². The quantitative estimate of drug-likeness (QED) is 0.488. The number of piperazine rings is 1. The Bertz CT molecular complexity index is 484. The smallest absolute Gasteiger partial charge is 0.270 e. The lowest BCUT2D eigenvalue weighted by atomic mass is 10.0. The molecule has 0 aromatic heterocycles. The normalized spacial score (nSPS) is 17.9. The van der Waals surface area contributed by atoms with E-state index >= 15 is 0 Å². The molecule has 102 valence electrons. The van der Waals surface area contributed by atoms with Crippen LogP contribution >= 0.6 is 0 Å². The monoisotopic (exact) mass is 263 g/mol. The van der Waals surface area contributed by atoms with Crippen molar-refractivity contribution in [1.29, 1.82) is 0 Å². The van der Waals surface area contributed by atoms with Crippen LogP contribution in [-0.4, -0.2) is 41.1 Å². The van der Waals surface area contributed by atoms with Gasteiger partial charge in [0.05, 0.1) is 11.0 Å². The third kappa shape index (κ3) is 2.91. The van der Waals surface area contributed by atoms with E-state index in [9.17, 15) is 15.2 Å². The molecule has 0 aliphatic carbocycles. The Labute approximate surface area is 111 Å². The van der Waals surface area contributed by atoms with Crippen LogP contribution in [0, 0.1) is 10.1 Å². The maximum Gasteiger partial charge on any atom is 0.270 e. The zero-order valence-corrected chi connectivity index (χ0v) is 10.6. The fourth-order valence-electron chi connectivity index (χ4n) is 2.33. The maximum atomic E-state index is 10.8. The molecular formula is C13H17N3O3. The van der Waals surface area contributed by atoms with Crippen LogP contribution in [0.3, 0.4) is 0 Å². The summed E-state index contributed by atoms with van der Waals surface area (Å²) in [6.45, 7) is 7.14. The van der Waals surface area contributed by atoms with E-state index in [1.54, 1.807) is 6.08 Å². The molecule has 0 radical (unpaired) electrons. The van der Waals surface area contributed by atoms with Gasteiger partial charge in [0.25, 0.3) is 5.69 Å². The molecule has 1 aromatic carbocycles. The molecule has 1 atom stereocenters. The number of aromatic hydroxyl groups is 1. The molecule has 0 bridgehead atoms. The molecule has 1 aliphatic heterocycles. The summed E-state index contributed by atoms with van der Waals surface area (Å²) in [7, 11) is 0. The van der Waals surface area contributed by atoms with Crippen LogP contribution in [-0.2, 0) is 0 Å². The number of nitro groups is 1. The molecule has 2 N–H and O–H groups in total. The average Bonchev–Trinajstić information content (AvgIpc) is 2.42. The number of nitrogens with zero attached hydrogens (tertiary/aromatic N) is 2. The molecular weight excluding hydrogens is 246 g/mol. The number of phenols is 1. The van der Waals surface area contributed by atoms with E-state index in [4.69, 9.17) is 0 Å². The van der Waals surface area contributed by atoms with E-state index < -0.39 is 4.92 Å². The highest BCUT2D eigenvalue weighted by Crippen LogP contribution is 2.32. The summed E-state index contributed by atoms with van der Waals surface area (Å²) in [5.74, 6) is 0.0639. The molecule has 0 saturated carbocycles. The highest BCUT2D eigenvalue weighted by atomic mass is 16.6. The summed E-state index contributed by atoms with van der Waals surface area (Å²) in [5, 5.41) is 24.0. The van der Waals surface area contributed by atoms with Gasteiger partial charge in [0.15, 0.2) is 0 Å². The first-order chi connectivity index (χ1) is 9.13. The van der Waals surface area contributed by atoms with Crippen LogP contribution in [0.25, 0.3) is 0 Å². The summed E-state index contributed by atoms with van der Waals surface area (Å²) in [6, 6.07) is 3.88. The first-order valence-corrected chi connectivity index (χ1v) is 6.18. The number of nitro benzene ring substituents is 1. The summed E-state index contributed by atoms with van der Waals surface area (Å²) in [4.78, 5) is 12.5. The second-order valence-corrected chi connectivity index (χ2v) is 4.47. The van der Waals surface area contributed by atoms with Crippen molar-refractivity contribution in [2.24, 2.45) is 0 Å². The molecule has 6 heteroatoms. The van der Waals surface area contributed by atoms with Gasteiger partial charge in [-0.3, -0.25) is 15.0 Å². The van der Waals surface area contributed by atoms with Gasteiger partial charge in [-0.2, -0.15) is 0 Å². The van der Waals surface area contributed by atoms with Crippen molar-refractivity contribution in [1.82, 2.24) is 10.2 Å². The standard InChI is InChI=1S/C13H17N3O3/c1-2-12(15-7-5-14-6-8-15)11-9-10(16(18)19)3-4-13(11)17/h2-4,9,12,14,17H,1,5-8H2/t12-/m1/s1. The molecule has 2 rings (SSSR count). The summed E-state index contributed by atoms with van der Waals surface area (Å²) >= 11 is 0. The maximum absolute atomic E-state index is 10.8. The average molecular weight is 263 g/mol. The number of non-ortho nitro benzene ring substituents is 1. The van der Waals surface area contributed by atoms with Gasteiger partial charge >= 0.3 is 0 Å². The lowest BCUT2D eigenvalue weighted by Gasteiger charge is -2.33. The van der Waals surface area contributed by atoms with Gasteiger partial charge < -0.3 is 10.4 Å². The van der Waals surface area contributed by atoms with Crippen LogP contribution in [0.15, 0.2) is 30.9 Å². The number of hydrogen-bond acceptors (Lipinski definition) is 5. The number of nitrogens with one attached hydrogen (secondary N) is 1. The van der Waals surface area contributed by atoms with E-state index in [1.807, 2.05) is 0 Å². The zero-order chi connectivity index (χ0) is 13.8. The van der Waals surface area contributed by atoms with Gasteiger partial charge in [0.2, 0.25) is 0 Å². The molecule has 0 amide bonds. The third-order valence-corrected chi connectivity index (χ3v) is 3.31. The van der Waals surface area contributed by atoms with Gasteiger partial charge in [-0.15, -0.1) is 6.58 Å². The van der Waals surface area contributed by atoms with Gasteiger partial charge in [-0.05, 0) is 6.07 Å². The van der Waals surface area contributed by atoms with Crippen molar-refractivity contribution in [2.45, 2.75) is 6.04 Å². The summed E-state index contributed by atoms with van der Waals surface area (Å²) in [5.41, 5.74) is 0.515. The van der Waals surface area contributed by atoms with Crippen molar-refractivity contribution in [3.05, 3.63) is 46.5 Å². The number of benzene rings is 1. The fourth-order valence-corrected chi connectivity index (χ4v) is 2.33. The highest BCUT2D eigenvalue weighted by Gasteiger charge is 2.23. The van der Waals surface area contributed by atoms with E-state index in [1.165, 1.54) is 18.2 Å². The summed E-state index contributed by atoms with van der Waals surface area (Å²) < 4.78 is 0. The van der Waals surface area contributed by atoms with Crippen LogP contribution in [0.1, 0.15) is 11.6 Å². The van der Waals surface area contributed by atoms with Crippen molar-refractivity contribution in [3.63, 3.8) is 0 Å². The molecule has 0 unspecified atom stereocenters. The Balaban J connectivity index is 2.33. The van der Waals surface area contributed by atoms with Crippen LogP contribution < -0.4 is 5.32 Å². The minimum absolute atomic E-state index is 0.0187. The van der Waals surface area contributed by atoms with E-state index in [2.05, 4.69) is 16.8 Å². The predicted octanol–water partition coefficient (Wildman–Crippen LogP) is 1.43. The Morgan fingerprint density at radius 3 is 2.74 bits per heavy atom. The van der Waals surface area contributed by atoms with Gasteiger partial charge in [-0.1, -0.05) is 6.08 Å². The minimum atomic E-state index is -0.457. The molecule has 1 fully saturated rings. The zero-order valence-electron chi connectivity index (χ0n) is 10.6. The fraction of sp³-hybridized carbons (Fsp3) is 0.385. The van der Waals surface area contributed by atoms with Crippen molar-refractivity contribution < 1.29 is 10.0 Å². The number of rotatable bonds is 4. The van der Waals surface area contributed by atoms with E-state index in [0.717, 1.165) is 26.2 Å². The van der Waals surface area contributed by atoms with Crippen LogP contribution in [0.2, 0.25) is 0 Å². The van der Waals surface area contributed by atoms with Crippen LogP contribution in [0.4, 0.5) is 5.69 Å². The number of phenolic OH excluding ortho intramolecular Hbond substituents is 1. The largest absolute Gasteiger partial charge is 0.508 e. The first kappa shape index (κ1) is 13.5. The topological polar surface area (TPSA) is 78.6 Å². The molecule has 1 aromatic rings. The second-order valence-electron chi connectivity index (χ2n) is 4.47. The lowest BCUT2D eigenvalue weighted by Crippen LogP contribution is -2.44. The lowest BCUT2D eigenvalue weighted by molar-refractivity contribution is -0.385. The highest BCUT2D eigenvalue weighted by molar-refractivity contribution is 5.45. The molecule has 0 spiro atoms. The Morgan fingerprint density at radius 1 is 1.47 bits per heavy atom. The SMILES string of the molecule is C=C[C@H](c1cc([N+](=O)[O-])ccc1O)N1CCNCC1. The van der Waals surface area contributed by atoms with Gasteiger partial charge in [-0.25, -0.2) is 0 Å². The Morgan fingerprint density at radius 2 is 2.16 bits per heavy atom. The van der Waals surface area contributed by atoms with Gasteiger partial charge in [0.1, 0.15) is 5.75 Å². The van der Waals surface area contributed by atoms with E-state index in [-0.39, 0.29) is 17.5 Å². The third-order valence-electron chi connectivity index (χ3n) is 3.31. The second kappa shape index (κ2) is 5.81. The Hall–Kier alpha value is -1.92. The van der Waals surface area contributed by atoms with Crippen molar-refractivity contribution >= 4 is 5.69 Å². The molecule has 1 aliphatic rings. The van der Waals surface area contributed by atoms with Crippen molar-refractivity contribution in [2.75, 3.05) is 26.2 Å². The Kier molecular flexibility index (Phi) is 4.13. The van der Waals surface area contributed by atoms with E-state index in [0.29, 0.717) is 5.56 Å². The predicted molar refractivity (Wildman–Crippen MR) is 72.1 cm³/mol. The van der Waals surface area contributed by atoms with Gasteiger partial charge in [0, 0.05) is 43.9 Å². The molecule has 19 heavy (non-hydrogen) atoms. The number of hydrogen-bond donors (Lipinski definition) is 2.